The third-order valence-corrected chi connectivity index (χ3v) is 2.51. The van der Waals surface area contributed by atoms with Crippen LogP contribution >= 0.6 is 0 Å². The Morgan fingerprint density at radius 1 is 1.39 bits per heavy atom. The summed E-state index contributed by atoms with van der Waals surface area (Å²) in [6.07, 6.45) is 4.66. The molecule has 2 heterocycles. The molecule has 0 saturated carbocycles. The van der Waals surface area contributed by atoms with Crippen LogP contribution in [0.2, 0.25) is 0 Å². The lowest BCUT2D eigenvalue weighted by atomic mass is 10.1. The Hall–Kier alpha value is -1.82. The molecule has 0 saturated heterocycles. The van der Waals surface area contributed by atoms with Crippen molar-refractivity contribution in [2.45, 2.75) is 18.9 Å². The van der Waals surface area contributed by atoms with Gasteiger partial charge in [-0.15, -0.1) is 0 Å². The number of hydroxylamine groups is 2. The minimum absolute atomic E-state index is 0.175. The molecule has 3 nitrogen and oxygen atoms in total. The van der Waals surface area contributed by atoms with Crippen LogP contribution in [0.1, 0.15) is 12.1 Å². The lowest BCUT2D eigenvalue weighted by Gasteiger charge is -2.25. The van der Waals surface area contributed by atoms with Crippen molar-refractivity contribution in [3.63, 3.8) is 0 Å². The Morgan fingerprint density at radius 3 is 2.83 bits per heavy atom. The highest BCUT2D eigenvalue weighted by atomic mass is 19.3. The van der Waals surface area contributed by atoms with E-state index in [0.29, 0.717) is 11.6 Å². The number of alkyl halides is 2. The van der Waals surface area contributed by atoms with Crippen LogP contribution in [0.4, 0.5) is 13.2 Å². The average Bonchev–Trinajstić information content (AvgIpc) is 2.32. The highest BCUT2D eigenvalue weighted by Gasteiger charge is 2.34. The molecule has 0 atom stereocenters. The summed E-state index contributed by atoms with van der Waals surface area (Å²) >= 11 is 0. The zero-order valence-corrected chi connectivity index (χ0v) is 9.28. The van der Waals surface area contributed by atoms with E-state index in [1.165, 1.54) is 18.3 Å². The summed E-state index contributed by atoms with van der Waals surface area (Å²) in [6, 6.07) is 0.260. The van der Waals surface area contributed by atoms with Crippen molar-refractivity contribution in [2.75, 3.05) is 0 Å². The molecule has 0 spiro atoms. The van der Waals surface area contributed by atoms with E-state index in [1.807, 2.05) is 0 Å². The summed E-state index contributed by atoms with van der Waals surface area (Å²) in [6.45, 7) is 0. The number of rotatable bonds is 3. The first kappa shape index (κ1) is 12.6. The quantitative estimate of drug-likeness (QED) is 0.843. The van der Waals surface area contributed by atoms with E-state index in [1.54, 1.807) is 0 Å². The van der Waals surface area contributed by atoms with Crippen LogP contribution in [0.3, 0.4) is 0 Å². The van der Waals surface area contributed by atoms with E-state index in [-0.39, 0.29) is 23.6 Å². The molecule has 1 N–H and O–H groups in total. The van der Waals surface area contributed by atoms with Crippen molar-refractivity contribution in [1.29, 1.82) is 0 Å². The van der Waals surface area contributed by atoms with Crippen molar-refractivity contribution in [1.82, 2.24) is 10.0 Å². The van der Waals surface area contributed by atoms with Crippen LogP contribution in [-0.4, -0.2) is 21.3 Å². The monoisotopic (exact) mass is 255 g/mol. The number of hydrogen-bond donors (Lipinski definition) is 1. The molecule has 1 aromatic heterocycles. The van der Waals surface area contributed by atoms with Gasteiger partial charge in [0.25, 0.3) is 0 Å². The maximum absolute atomic E-state index is 13.2. The molecule has 0 bridgehead atoms. The molecule has 0 fully saturated rings. The fraction of sp³-hybridized carbons (Fsp3) is 0.250. The van der Waals surface area contributed by atoms with E-state index in [2.05, 4.69) is 11.1 Å². The topological polar surface area (TPSA) is 36.4 Å². The molecule has 1 aliphatic heterocycles. The molecule has 6 heteroatoms. The molecule has 1 aromatic rings. The minimum atomic E-state index is -3.43. The summed E-state index contributed by atoms with van der Waals surface area (Å²) in [4.78, 5) is 3.81. The standard InChI is InChI=1S/C12H10F3N2O/c13-10-2-1-6-16-11(10)4-3-9-5-7-17(18)12(14,15)8-9/h1,5-8,18H,3-4H2. The molecule has 0 unspecified atom stereocenters. The van der Waals surface area contributed by atoms with E-state index in [0.717, 1.165) is 6.20 Å². The predicted molar refractivity (Wildman–Crippen MR) is 57.1 cm³/mol. The average molecular weight is 255 g/mol. The highest BCUT2D eigenvalue weighted by molar-refractivity contribution is 5.25. The van der Waals surface area contributed by atoms with Crippen LogP contribution < -0.4 is 0 Å². The Bertz CT molecular complexity index is 500. The molecule has 95 valence electrons. The molecular weight excluding hydrogens is 245 g/mol. The van der Waals surface area contributed by atoms with Crippen LogP contribution in [-0.2, 0) is 6.42 Å². The second-order valence-corrected chi connectivity index (χ2v) is 3.82. The summed E-state index contributed by atoms with van der Waals surface area (Å²) in [5, 5.41) is 8.68. The number of halogens is 3. The van der Waals surface area contributed by atoms with Gasteiger partial charge in [0.05, 0.1) is 5.69 Å². The first-order chi connectivity index (χ1) is 8.49. The van der Waals surface area contributed by atoms with Crippen molar-refractivity contribution in [3.8, 4) is 0 Å². The lowest BCUT2D eigenvalue weighted by Crippen LogP contribution is -2.35. The van der Waals surface area contributed by atoms with Crippen LogP contribution in [0.25, 0.3) is 0 Å². The van der Waals surface area contributed by atoms with Gasteiger partial charge in [-0.3, -0.25) is 10.2 Å². The van der Waals surface area contributed by atoms with Gasteiger partial charge in [-0.25, -0.2) is 4.39 Å². The lowest BCUT2D eigenvalue weighted by molar-refractivity contribution is -0.231. The Labute approximate surface area is 102 Å². The molecule has 0 amide bonds. The summed E-state index contributed by atoms with van der Waals surface area (Å²) in [7, 11) is 0. The van der Waals surface area contributed by atoms with Gasteiger partial charge in [-0.05, 0) is 30.6 Å². The van der Waals surface area contributed by atoms with Gasteiger partial charge in [0, 0.05) is 24.5 Å². The molecule has 18 heavy (non-hydrogen) atoms. The fourth-order valence-electron chi connectivity index (χ4n) is 1.57. The third kappa shape index (κ3) is 2.70. The maximum atomic E-state index is 13.2. The second kappa shape index (κ2) is 4.81. The Balaban J connectivity index is 2.04. The van der Waals surface area contributed by atoms with Crippen LogP contribution in [0, 0.1) is 11.9 Å². The van der Waals surface area contributed by atoms with Gasteiger partial charge in [-0.2, -0.15) is 13.8 Å². The van der Waals surface area contributed by atoms with E-state index >= 15 is 0 Å². The predicted octanol–water partition coefficient (Wildman–Crippen LogP) is 2.69. The van der Waals surface area contributed by atoms with E-state index < -0.39 is 11.9 Å². The van der Waals surface area contributed by atoms with Gasteiger partial charge in [0.1, 0.15) is 0 Å². The van der Waals surface area contributed by atoms with Gasteiger partial charge in [0.15, 0.2) is 5.82 Å². The number of allylic oxidation sites excluding steroid dienone is 2. The Morgan fingerprint density at radius 2 is 2.17 bits per heavy atom. The van der Waals surface area contributed by atoms with Crippen molar-refractivity contribution >= 4 is 0 Å². The van der Waals surface area contributed by atoms with E-state index in [4.69, 9.17) is 5.21 Å². The highest BCUT2D eigenvalue weighted by Crippen LogP contribution is 2.27. The molecule has 1 radical (unpaired) electrons. The maximum Gasteiger partial charge on any atom is 0.367 e. The number of pyridine rings is 1. The molecule has 0 aliphatic carbocycles. The zero-order chi connectivity index (χ0) is 13.2. The van der Waals surface area contributed by atoms with Crippen LogP contribution in [0.5, 0.6) is 0 Å². The minimum Gasteiger partial charge on any atom is -0.283 e. The Kier molecular flexibility index (Phi) is 3.38. The first-order valence-electron chi connectivity index (χ1n) is 5.26. The largest absolute Gasteiger partial charge is 0.367 e. The third-order valence-electron chi connectivity index (χ3n) is 2.51. The van der Waals surface area contributed by atoms with Crippen molar-refractivity contribution < 1.29 is 18.4 Å². The number of aryl methyl sites for hydroxylation is 1. The summed E-state index contributed by atoms with van der Waals surface area (Å²) in [5.41, 5.74) is 0.497. The van der Waals surface area contributed by atoms with Crippen LogP contribution in [0.15, 0.2) is 36.2 Å². The molecular formula is C12H10F3N2O. The van der Waals surface area contributed by atoms with Crippen molar-refractivity contribution in [3.05, 3.63) is 53.8 Å². The number of hydrogen-bond acceptors (Lipinski definition) is 3. The molecule has 0 aromatic carbocycles. The SMILES string of the molecule is ON1C=CC(CCc2ncc[c]c2F)=CC1(F)F. The van der Waals surface area contributed by atoms with Gasteiger partial charge < -0.3 is 0 Å². The molecule has 2 rings (SSSR count). The number of aromatic nitrogens is 1. The zero-order valence-electron chi connectivity index (χ0n) is 9.28. The first-order valence-corrected chi connectivity index (χ1v) is 5.26. The second-order valence-electron chi connectivity index (χ2n) is 3.82. The van der Waals surface area contributed by atoms with Gasteiger partial charge in [-0.1, -0.05) is 0 Å². The summed E-state index contributed by atoms with van der Waals surface area (Å²) < 4.78 is 39.4. The fourth-order valence-corrected chi connectivity index (χ4v) is 1.57. The smallest absolute Gasteiger partial charge is 0.283 e. The van der Waals surface area contributed by atoms with Crippen molar-refractivity contribution in [2.24, 2.45) is 0 Å². The normalized spacial score (nSPS) is 17.8. The summed E-state index contributed by atoms with van der Waals surface area (Å²) in [5.74, 6) is -0.576. The van der Waals surface area contributed by atoms with E-state index in [9.17, 15) is 13.2 Å². The van der Waals surface area contributed by atoms with Gasteiger partial charge in [0.2, 0.25) is 0 Å². The molecule has 1 aliphatic rings. The number of nitrogens with zero attached hydrogens (tertiary/aromatic N) is 2. The van der Waals surface area contributed by atoms with Gasteiger partial charge >= 0.3 is 6.05 Å².